The Morgan fingerprint density at radius 1 is 1.39 bits per heavy atom. The molecule has 2 rings (SSSR count). The number of nitrogens with two attached hydrogens (primary N) is 1. The number of nitrogens with zero attached hydrogens (tertiary/aromatic N) is 1. The molecule has 3 N–H and O–H groups in total. The van der Waals surface area contributed by atoms with Crippen molar-refractivity contribution >= 4 is 17.3 Å². The van der Waals surface area contributed by atoms with Gasteiger partial charge in [0.25, 0.3) is 5.91 Å². The van der Waals surface area contributed by atoms with Crippen LogP contribution in [0.25, 0.3) is 0 Å². The van der Waals surface area contributed by atoms with E-state index in [-0.39, 0.29) is 11.8 Å². The molecule has 0 aliphatic carbocycles. The molecular weight excluding hydrogens is 311 g/mol. The fraction of sp³-hybridized carbons (Fsp3) is 0.533. The molecule has 1 aromatic carbocycles. The molecule has 1 saturated heterocycles. The van der Waals surface area contributed by atoms with Crippen LogP contribution in [0.1, 0.15) is 18.4 Å². The number of carbonyl (C=O) groups is 1. The highest BCUT2D eigenvalue weighted by Gasteiger charge is 2.33. The number of hydrogen-bond acceptors (Lipinski definition) is 4. The minimum atomic E-state index is -4.47. The van der Waals surface area contributed by atoms with Crippen LogP contribution in [0.5, 0.6) is 0 Å². The summed E-state index contributed by atoms with van der Waals surface area (Å²) in [6, 6.07) is 3.25. The summed E-state index contributed by atoms with van der Waals surface area (Å²) in [5.41, 5.74) is 5.27. The molecule has 8 heteroatoms. The van der Waals surface area contributed by atoms with E-state index in [1.165, 1.54) is 6.07 Å². The molecule has 1 aliphatic heterocycles. The summed E-state index contributed by atoms with van der Waals surface area (Å²) < 4.78 is 44.1. The number of halogens is 3. The van der Waals surface area contributed by atoms with Gasteiger partial charge in [0.15, 0.2) is 0 Å². The summed E-state index contributed by atoms with van der Waals surface area (Å²) in [6.07, 6.45) is -4.17. The predicted octanol–water partition coefficient (Wildman–Crippen LogP) is 2.22. The van der Waals surface area contributed by atoms with E-state index in [0.717, 1.165) is 12.1 Å². The number of nitrogens with one attached hydrogen (secondary N) is 1. The SMILES string of the molecule is CN(C)c1ccc(C(F)(F)F)cc1NC(=O)[C@@H]1CC[C@H](CN)O1. The number of rotatable bonds is 4. The maximum atomic E-state index is 12.9. The van der Waals surface area contributed by atoms with Crippen LogP contribution < -0.4 is 16.0 Å². The molecule has 1 aromatic rings. The predicted molar refractivity (Wildman–Crippen MR) is 81.4 cm³/mol. The van der Waals surface area contributed by atoms with Crippen molar-refractivity contribution in [2.45, 2.75) is 31.2 Å². The zero-order valence-electron chi connectivity index (χ0n) is 13.0. The van der Waals surface area contributed by atoms with Crippen LogP contribution in [-0.2, 0) is 15.7 Å². The average Bonchev–Trinajstić information content (AvgIpc) is 2.95. The molecule has 0 unspecified atom stereocenters. The number of carbonyl (C=O) groups excluding carboxylic acids is 1. The second-order valence-electron chi connectivity index (χ2n) is 5.67. The highest BCUT2D eigenvalue weighted by Crippen LogP contribution is 2.35. The van der Waals surface area contributed by atoms with Gasteiger partial charge in [0.1, 0.15) is 6.10 Å². The van der Waals surface area contributed by atoms with Crippen molar-refractivity contribution in [3.8, 4) is 0 Å². The Labute approximate surface area is 132 Å². The van der Waals surface area contributed by atoms with E-state index in [0.29, 0.717) is 25.1 Å². The van der Waals surface area contributed by atoms with Crippen molar-refractivity contribution in [3.05, 3.63) is 23.8 Å². The van der Waals surface area contributed by atoms with Gasteiger partial charge in [0.2, 0.25) is 0 Å². The Balaban J connectivity index is 2.21. The van der Waals surface area contributed by atoms with E-state index in [2.05, 4.69) is 5.32 Å². The van der Waals surface area contributed by atoms with Crippen LogP contribution >= 0.6 is 0 Å². The lowest BCUT2D eigenvalue weighted by Gasteiger charge is -2.21. The fourth-order valence-corrected chi connectivity index (χ4v) is 2.49. The van der Waals surface area contributed by atoms with Crippen molar-refractivity contribution < 1.29 is 22.7 Å². The van der Waals surface area contributed by atoms with Crippen LogP contribution in [0, 0.1) is 0 Å². The van der Waals surface area contributed by atoms with E-state index in [9.17, 15) is 18.0 Å². The lowest BCUT2D eigenvalue weighted by molar-refractivity contribution is -0.137. The molecule has 1 aliphatic rings. The zero-order chi connectivity index (χ0) is 17.2. The summed E-state index contributed by atoms with van der Waals surface area (Å²) in [7, 11) is 3.38. The molecular formula is C15H20F3N3O2. The fourth-order valence-electron chi connectivity index (χ4n) is 2.49. The van der Waals surface area contributed by atoms with Gasteiger partial charge < -0.3 is 20.7 Å². The van der Waals surface area contributed by atoms with Crippen molar-refractivity contribution in [1.29, 1.82) is 0 Å². The molecule has 0 saturated carbocycles. The van der Waals surface area contributed by atoms with E-state index in [4.69, 9.17) is 10.5 Å². The van der Waals surface area contributed by atoms with Crippen molar-refractivity contribution in [1.82, 2.24) is 0 Å². The van der Waals surface area contributed by atoms with Crippen LogP contribution in [0.3, 0.4) is 0 Å². The van der Waals surface area contributed by atoms with Gasteiger partial charge in [0, 0.05) is 20.6 Å². The highest BCUT2D eigenvalue weighted by atomic mass is 19.4. The topological polar surface area (TPSA) is 67.6 Å². The maximum absolute atomic E-state index is 12.9. The van der Waals surface area contributed by atoms with E-state index >= 15 is 0 Å². The Hall–Kier alpha value is -1.80. The maximum Gasteiger partial charge on any atom is 0.416 e. The third-order valence-corrected chi connectivity index (χ3v) is 3.73. The largest absolute Gasteiger partial charge is 0.416 e. The van der Waals surface area contributed by atoms with Gasteiger partial charge in [-0.15, -0.1) is 0 Å². The van der Waals surface area contributed by atoms with Gasteiger partial charge in [-0.05, 0) is 31.0 Å². The third-order valence-electron chi connectivity index (χ3n) is 3.73. The molecule has 2 atom stereocenters. The zero-order valence-corrected chi connectivity index (χ0v) is 13.0. The second kappa shape index (κ2) is 6.76. The van der Waals surface area contributed by atoms with E-state index in [1.807, 2.05) is 0 Å². The standard InChI is InChI=1S/C15H20F3N3O2/c1-21(2)12-5-3-9(15(16,17)18)7-11(12)20-14(22)13-6-4-10(8-19)23-13/h3,5,7,10,13H,4,6,8,19H2,1-2H3,(H,20,22)/t10-,13+/m1/s1. The minimum absolute atomic E-state index is 0.106. The van der Waals surface area contributed by atoms with Crippen LogP contribution in [0.15, 0.2) is 18.2 Å². The van der Waals surface area contributed by atoms with E-state index < -0.39 is 23.8 Å². The summed E-state index contributed by atoms with van der Waals surface area (Å²) in [6.45, 7) is 0.316. The third kappa shape index (κ3) is 4.14. The van der Waals surface area contributed by atoms with Gasteiger partial charge in [-0.25, -0.2) is 0 Å². The molecule has 0 spiro atoms. The lowest BCUT2D eigenvalue weighted by atomic mass is 10.1. The first-order chi connectivity index (χ1) is 10.7. The number of ether oxygens (including phenoxy) is 1. The normalized spacial score (nSPS) is 21.3. The van der Waals surface area contributed by atoms with Gasteiger partial charge >= 0.3 is 6.18 Å². The first-order valence-corrected chi connectivity index (χ1v) is 7.27. The average molecular weight is 331 g/mol. The molecule has 1 amide bonds. The van der Waals surface area contributed by atoms with Gasteiger partial charge in [0.05, 0.1) is 23.0 Å². The highest BCUT2D eigenvalue weighted by molar-refractivity contribution is 5.97. The first kappa shape index (κ1) is 17.6. The summed E-state index contributed by atoms with van der Waals surface area (Å²) in [5, 5.41) is 2.54. The summed E-state index contributed by atoms with van der Waals surface area (Å²) in [4.78, 5) is 13.9. The summed E-state index contributed by atoms with van der Waals surface area (Å²) in [5.74, 6) is -0.455. The monoisotopic (exact) mass is 331 g/mol. The van der Waals surface area contributed by atoms with Gasteiger partial charge in [-0.3, -0.25) is 4.79 Å². The minimum Gasteiger partial charge on any atom is -0.376 e. The number of alkyl halides is 3. The van der Waals surface area contributed by atoms with Crippen LogP contribution in [0.2, 0.25) is 0 Å². The molecule has 1 fully saturated rings. The lowest BCUT2D eigenvalue weighted by Crippen LogP contribution is -2.30. The Morgan fingerprint density at radius 2 is 2.09 bits per heavy atom. The number of amides is 1. The van der Waals surface area contributed by atoms with Crippen LogP contribution in [-0.4, -0.2) is 38.8 Å². The molecule has 128 valence electrons. The molecule has 23 heavy (non-hydrogen) atoms. The number of benzene rings is 1. The molecule has 1 heterocycles. The van der Waals surface area contributed by atoms with Crippen molar-refractivity contribution in [3.63, 3.8) is 0 Å². The molecule has 5 nitrogen and oxygen atoms in total. The quantitative estimate of drug-likeness (QED) is 0.888. The second-order valence-corrected chi connectivity index (χ2v) is 5.67. The van der Waals surface area contributed by atoms with Crippen molar-refractivity contribution in [2.24, 2.45) is 5.73 Å². The van der Waals surface area contributed by atoms with Gasteiger partial charge in [-0.2, -0.15) is 13.2 Å². The van der Waals surface area contributed by atoms with Crippen LogP contribution in [0.4, 0.5) is 24.5 Å². The van der Waals surface area contributed by atoms with Gasteiger partial charge in [-0.1, -0.05) is 0 Å². The smallest absolute Gasteiger partial charge is 0.376 e. The Kier molecular flexibility index (Phi) is 5.16. The number of anilines is 2. The first-order valence-electron chi connectivity index (χ1n) is 7.27. The van der Waals surface area contributed by atoms with E-state index in [1.54, 1.807) is 19.0 Å². The molecule has 0 aromatic heterocycles. The Bertz CT molecular complexity index is 576. The molecule has 0 bridgehead atoms. The summed E-state index contributed by atoms with van der Waals surface area (Å²) >= 11 is 0. The molecule has 0 radical (unpaired) electrons. The number of hydrogen-bond donors (Lipinski definition) is 2. The van der Waals surface area contributed by atoms with Crippen molar-refractivity contribution in [2.75, 3.05) is 30.9 Å². The Morgan fingerprint density at radius 3 is 2.61 bits per heavy atom.